The Hall–Kier alpha value is -3.16. The minimum atomic E-state index is -0.590. The Kier molecular flexibility index (Phi) is 7.88. The summed E-state index contributed by atoms with van der Waals surface area (Å²) in [7, 11) is 0. The molecule has 0 aromatic heterocycles. The van der Waals surface area contributed by atoms with E-state index in [2.05, 4.69) is 62.9 Å². The van der Waals surface area contributed by atoms with Gasteiger partial charge in [-0.2, -0.15) is 0 Å². The second-order valence-electron chi connectivity index (χ2n) is 9.28. The summed E-state index contributed by atoms with van der Waals surface area (Å²) in [5, 5.41) is 0.654. The summed E-state index contributed by atoms with van der Waals surface area (Å²) >= 11 is 6.57. The maximum atomic E-state index is 14.6. The van der Waals surface area contributed by atoms with Gasteiger partial charge in [-0.25, -0.2) is 4.39 Å². The van der Waals surface area contributed by atoms with Crippen LogP contribution in [0.4, 0.5) is 4.39 Å². The third-order valence-electron chi connectivity index (χ3n) is 6.87. The number of halogens is 2. The second kappa shape index (κ2) is 11.1. The van der Waals surface area contributed by atoms with Crippen molar-refractivity contribution < 1.29 is 4.39 Å². The van der Waals surface area contributed by atoms with Gasteiger partial charge in [-0.05, 0) is 83.0 Å². The fourth-order valence-electron chi connectivity index (χ4n) is 5.02. The monoisotopic (exact) mass is 482 g/mol. The highest BCUT2D eigenvalue weighted by Crippen LogP contribution is 2.47. The summed E-state index contributed by atoms with van der Waals surface area (Å²) in [5.74, 6) is -0.241. The normalized spacial score (nSPS) is 17.2. The van der Waals surface area contributed by atoms with Gasteiger partial charge in [-0.15, -0.1) is 0 Å². The van der Waals surface area contributed by atoms with Gasteiger partial charge in [0.1, 0.15) is 5.82 Å². The Balaban J connectivity index is 1.82. The molecule has 3 aromatic rings. The molecular weight excluding hydrogens is 451 g/mol. The molecule has 0 heterocycles. The third-order valence-corrected chi connectivity index (χ3v) is 7.11. The molecule has 0 amide bonds. The van der Waals surface area contributed by atoms with Crippen molar-refractivity contribution in [1.82, 2.24) is 0 Å². The molecule has 1 aliphatic carbocycles. The molecule has 1 unspecified atom stereocenters. The Morgan fingerprint density at radius 2 is 1.60 bits per heavy atom. The van der Waals surface area contributed by atoms with E-state index in [9.17, 15) is 4.39 Å². The lowest BCUT2D eigenvalue weighted by molar-refractivity contribution is 0.613. The molecule has 0 spiro atoms. The van der Waals surface area contributed by atoms with Crippen molar-refractivity contribution in [1.29, 1.82) is 0 Å². The van der Waals surface area contributed by atoms with E-state index in [-0.39, 0.29) is 5.82 Å². The zero-order chi connectivity index (χ0) is 24.8. The molecule has 0 saturated heterocycles. The number of rotatable bonds is 8. The smallest absolute Gasteiger partial charge is 0.123 e. The fraction of sp³-hybridized carbons (Fsp3) is 0.212. The molecule has 0 radical (unpaired) electrons. The molecule has 0 bridgehead atoms. The molecule has 0 N–H and O–H groups in total. The van der Waals surface area contributed by atoms with Gasteiger partial charge in [0.15, 0.2) is 0 Å². The highest BCUT2D eigenvalue weighted by Gasteiger charge is 2.37. The molecule has 0 fully saturated rings. The number of allylic oxidation sites excluding steroid dienone is 5. The zero-order valence-electron chi connectivity index (χ0n) is 20.5. The van der Waals surface area contributed by atoms with Gasteiger partial charge < -0.3 is 0 Å². The molecule has 35 heavy (non-hydrogen) atoms. The highest BCUT2D eigenvalue weighted by molar-refractivity contribution is 6.31. The maximum Gasteiger partial charge on any atom is 0.123 e. The van der Waals surface area contributed by atoms with Crippen molar-refractivity contribution in [3.8, 4) is 0 Å². The summed E-state index contributed by atoms with van der Waals surface area (Å²) < 4.78 is 14.6. The fourth-order valence-corrected chi connectivity index (χ4v) is 5.24. The van der Waals surface area contributed by atoms with Crippen molar-refractivity contribution >= 4 is 29.3 Å². The number of fused-ring (bicyclic) bond motifs is 2. The Bertz CT molecular complexity index is 1310. The SMILES string of the molecule is C=C(/C=C(Cl)\C=C/CCCCC)c1ccccc1C1(C)c2ccccc2C=Cc2ccc(F)cc21. The van der Waals surface area contributed by atoms with Crippen LogP contribution in [0.15, 0.2) is 96.6 Å². The third kappa shape index (κ3) is 5.26. The van der Waals surface area contributed by atoms with E-state index >= 15 is 0 Å². The van der Waals surface area contributed by atoms with Gasteiger partial charge in [0.05, 0.1) is 0 Å². The quantitative estimate of drug-likeness (QED) is 0.221. The lowest BCUT2D eigenvalue weighted by Crippen LogP contribution is -2.28. The van der Waals surface area contributed by atoms with Gasteiger partial charge in [0.2, 0.25) is 0 Å². The average Bonchev–Trinajstić information content (AvgIpc) is 2.99. The number of hydrogen-bond acceptors (Lipinski definition) is 0. The molecule has 1 aliphatic rings. The number of hydrogen-bond donors (Lipinski definition) is 0. The van der Waals surface area contributed by atoms with Crippen LogP contribution in [0.3, 0.4) is 0 Å². The molecule has 178 valence electrons. The van der Waals surface area contributed by atoms with E-state index in [1.807, 2.05) is 42.5 Å². The Labute approximate surface area is 214 Å². The van der Waals surface area contributed by atoms with Gasteiger partial charge in [0.25, 0.3) is 0 Å². The van der Waals surface area contributed by atoms with Crippen LogP contribution in [0.25, 0.3) is 17.7 Å². The van der Waals surface area contributed by atoms with Crippen molar-refractivity contribution in [2.24, 2.45) is 0 Å². The van der Waals surface area contributed by atoms with Crippen molar-refractivity contribution in [2.45, 2.75) is 44.9 Å². The topological polar surface area (TPSA) is 0 Å². The van der Waals surface area contributed by atoms with Crippen LogP contribution in [0.1, 0.15) is 72.9 Å². The van der Waals surface area contributed by atoms with E-state index in [4.69, 9.17) is 11.6 Å². The molecule has 0 nitrogen and oxygen atoms in total. The Morgan fingerprint density at radius 1 is 0.914 bits per heavy atom. The van der Waals surface area contributed by atoms with Gasteiger partial charge in [0, 0.05) is 10.4 Å². The summed E-state index contributed by atoms with van der Waals surface area (Å²) in [5.41, 5.74) is 6.51. The van der Waals surface area contributed by atoms with Gasteiger partial charge in [-0.3, -0.25) is 0 Å². The first kappa shape index (κ1) is 24.9. The summed E-state index contributed by atoms with van der Waals surface area (Å²) in [6.07, 6.45) is 14.8. The van der Waals surface area contributed by atoms with Crippen LogP contribution in [0.2, 0.25) is 0 Å². The first-order valence-electron chi connectivity index (χ1n) is 12.3. The van der Waals surface area contributed by atoms with Crippen molar-refractivity contribution in [2.75, 3.05) is 0 Å². The highest BCUT2D eigenvalue weighted by atomic mass is 35.5. The molecule has 2 heteroatoms. The molecule has 4 rings (SSSR count). The van der Waals surface area contributed by atoms with Crippen LogP contribution < -0.4 is 0 Å². The maximum absolute atomic E-state index is 14.6. The van der Waals surface area contributed by atoms with E-state index in [1.54, 1.807) is 6.07 Å². The molecular formula is C33H32ClF. The van der Waals surface area contributed by atoms with Gasteiger partial charge >= 0.3 is 0 Å². The largest absolute Gasteiger partial charge is 0.207 e. The van der Waals surface area contributed by atoms with Crippen molar-refractivity contribution in [3.05, 3.63) is 136 Å². The lowest BCUT2D eigenvalue weighted by atomic mass is 9.67. The first-order valence-corrected chi connectivity index (χ1v) is 12.7. The van der Waals surface area contributed by atoms with E-state index in [0.717, 1.165) is 45.4 Å². The van der Waals surface area contributed by atoms with E-state index in [1.165, 1.54) is 25.3 Å². The standard InChI is InChI=1S/C33H32ClF/c1-4-5-6-7-8-14-27(34)22-24(2)29-15-10-12-17-31(29)33(3)30-16-11-9-13-25(30)18-19-26-20-21-28(35)23-32(26)33/h8-23H,2,4-7H2,1,3H3/b14-8-,27-22+. The Morgan fingerprint density at radius 3 is 2.37 bits per heavy atom. The van der Waals surface area contributed by atoms with Crippen LogP contribution in [-0.4, -0.2) is 0 Å². The predicted octanol–water partition coefficient (Wildman–Crippen LogP) is 9.94. The number of benzene rings is 3. The predicted molar refractivity (Wildman–Crippen MR) is 150 cm³/mol. The molecule has 0 saturated carbocycles. The van der Waals surface area contributed by atoms with Crippen LogP contribution in [0, 0.1) is 5.82 Å². The zero-order valence-corrected chi connectivity index (χ0v) is 21.3. The summed E-state index contributed by atoms with van der Waals surface area (Å²) in [4.78, 5) is 0. The summed E-state index contributed by atoms with van der Waals surface area (Å²) in [6.45, 7) is 8.76. The number of unbranched alkanes of at least 4 members (excludes halogenated alkanes) is 3. The first-order chi connectivity index (χ1) is 16.9. The van der Waals surface area contributed by atoms with Gasteiger partial charge in [-0.1, -0.05) is 111 Å². The lowest BCUT2D eigenvalue weighted by Gasteiger charge is -2.35. The van der Waals surface area contributed by atoms with Crippen LogP contribution in [-0.2, 0) is 5.41 Å². The van der Waals surface area contributed by atoms with Crippen LogP contribution in [0.5, 0.6) is 0 Å². The van der Waals surface area contributed by atoms with E-state index in [0.29, 0.717) is 5.03 Å². The molecule has 1 atom stereocenters. The van der Waals surface area contributed by atoms with Crippen LogP contribution >= 0.6 is 11.6 Å². The molecule has 0 aliphatic heterocycles. The average molecular weight is 483 g/mol. The second-order valence-corrected chi connectivity index (χ2v) is 9.71. The van der Waals surface area contributed by atoms with E-state index < -0.39 is 5.41 Å². The molecule has 3 aromatic carbocycles. The minimum Gasteiger partial charge on any atom is -0.207 e. The minimum absolute atomic E-state index is 0.241. The summed E-state index contributed by atoms with van der Waals surface area (Å²) in [6, 6.07) is 21.7. The van der Waals surface area contributed by atoms with Crippen molar-refractivity contribution in [3.63, 3.8) is 0 Å².